The minimum atomic E-state index is -1.64. The number of carbonyl (C=O) groups excluding carboxylic acids is 4. The van der Waals surface area contributed by atoms with Gasteiger partial charge in [-0.3, -0.25) is 9.59 Å². The molecule has 0 aromatic heterocycles. The van der Waals surface area contributed by atoms with Crippen LogP contribution in [0.15, 0.2) is 23.3 Å². The Hall–Kier alpha value is -2.64. The quantitative estimate of drug-likeness (QED) is 0.280. The first-order chi connectivity index (χ1) is 14.8. The van der Waals surface area contributed by atoms with Gasteiger partial charge < -0.3 is 18.9 Å². The van der Waals surface area contributed by atoms with Crippen molar-refractivity contribution in [3.05, 3.63) is 23.3 Å². The number of carbonyl (C=O) groups is 4. The van der Waals surface area contributed by atoms with E-state index in [2.05, 4.69) is 6.08 Å². The largest absolute Gasteiger partial charge is 0.459 e. The maximum atomic E-state index is 13.0. The number of fused-ring (bicyclic) bond motifs is 3. The lowest BCUT2D eigenvalue weighted by atomic mass is 9.75. The molecule has 1 aliphatic heterocycles. The number of hydrogen-bond donors (Lipinski definition) is 0. The lowest BCUT2D eigenvalue weighted by Crippen LogP contribution is -2.51. The molecule has 7 atom stereocenters. The number of allylic oxidation sites excluding steroid dienone is 2. The van der Waals surface area contributed by atoms with Gasteiger partial charge >= 0.3 is 23.9 Å². The fraction of sp³-hybridized carbons (Fsp3) is 0.667. The first-order valence-electron chi connectivity index (χ1n) is 10.9. The van der Waals surface area contributed by atoms with Gasteiger partial charge in [0.1, 0.15) is 17.8 Å². The lowest BCUT2D eigenvalue weighted by Gasteiger charge is -2.38. The average molecular weight is 449 g/mol. The van der Waals surface area contributed by atoms with Gasteiger partial charge in [-0.25, -0.2) is 9.59 Å². The maximum absolute atomic E-state index is 13.0. The van der Waals surface area contributed by atoms with Crippen LogP contribution in [0.4, 0.5) is 0 Å². The highest BCUT2D eigenvalue weighted by molar-refractivity contribution is 5.86. The summed E-state index contributed by atoms with van der Waals surface area (Å²) < 4.78 is 23.0. The molecule has 3 rings (SSSR count). The van der Waals surface area contributed by atoms with Gasteiger partial charge in [0, 0.05) is 38.2 Å². The van der Waals surface area contributed by atoms with E-state index >= 15 is 0 Å². The fourth-order valence-electron chi connectivity index (χ4n) is 5.72. The molecule has 0 radical (unpaired) electrons. The Morgan fingerprint density at radius 2 is 1.72 bits per heavy atom. The van der Waals surface area contributed by atoms with Crippen LogP contribution in [0.2, 0.25) is 0 Å². The van der Waals surface area contributed by atoms with E-state index in [9.17, 15) is 19.2 Å². The van der Waals surface area contributed by atoms with E-state index in [1.165, 1.54) is 26.8 Å². The van der Waals surface area contributed by atoms with Gasteiger partial charge in [-0.05, 0) is 41.0 Å². The fourth-order valence-corrected chi connectivity index (χ4v) is 5.72. The van der Waals surface area contributed by atoms with Gasteiger partial charge in [-0.1, -0.05) is 17.2 Å². The zero-order valence-corrected chi connectivity index (χ0v) is 19.7. The van der Waals surface area contributed by atoms with Crippen molar-refractivity contribution in [1.82, 2.24) is 0 Å². The molecule has 1 heterocycles. The molecule has 0 spiro atoms. The van der Waals surface area contributed by atoms with Crippen molar-refractivity contribution < 1.29 is 38.1 Å². The number of esters is 4. The molecule has 0 amide bonds. The summed E-state index contributed by atoms with van der Waals surface area (Å²) in [5.41, 5.74) is -0.866. The van der Waals surface area contributed by atoms with Crippen LogP contribution in [-0.4, -0.2) is 47.3 Å². The Labute approximate surface area is 188 Å². The van der Waals surface area contributed by atoms with Gasteiger partial charge in [0.25, 0.3) is 0 Å². The van der Waals surface area contributed by atoms with Gasteiger partial charge in [0.2, 0.25) is 5.60 Å². The van der Waals surface area contributed by atoms with Crippen LogP contribution in [0.25, 0.3) is 0 Å². The van der Waals surface area contributed by atoms with E-state index in [4.69, 9.17) is 18.9 Å². The second-order valence-corrected chi connectivity index (χ2v) is 9.72. The third-order valence-corrected chi connectivity index (χ3v) is 6.84. The van der Waals surface area contributed by atoms with Crippen LogP contribution in [0.3, 0.4) is 0 Å². The Kier molecular flexibility index (Phi) is 6.28. The Morgan fingerprint density at radius 1 is 1.09 bits per heavy atom. The van der Waals surface area contributed by atoms with Crippen molar-refractivity contribution >= 4 is 23.9 Å². The average Bonchev–Trinajstić information content (AvgIpc) is 3.07. The van der Waals surface area contributed by atoms with E-state index in [1.54, 1.807) is 13.8 Å². The summed E-state index contributed by atoms with van der Waals surface area (Å²) in [6.07, 6.45) is 2.60. The molecule has 8 heteroatoms. The van der Waals surface area contributed by atoms with Crippen LogP contribution in [0.5, 0.6) is 0 Å². The zero-order valence-electron chi connectivity index (χ0n) is 19.7. The lowest BCUT2D eigenvalue weighted by molar-refractivity contribution is -0.182. The highest BCUT2D eigenvalue weighted by atomic mass is 16.6. The van der Waals surface area contributed by atoms with E-state index < -0.39 is 53.2 Å². The second-order valence-electron chi connectivity index (χ2n) is 9.72. The summed E-state index contributed by atoms with van der Waals surface area (Å²) >= 11 is 0. The summed E-state index contributed by atoms with van der Waals surface area (Å²) in [6, 6.07) is 0. The molecule has 7 unspecified atom stereocenters. The van der Waals surface area contributed by atoms with Crippen molar-refractivity contribution in [3.8, 4) is 0 Å². The van der Waals surface area contributed by atoms with Crippen molar-refractivity contribution in [2.24, 2.45) is 17.8 Å². The second kappa shape index (κ2) is 8.37. The predicted molar refractivity (Wildman–Crippen MR) is 113 cm³/mol. The van der Waals surface area contributed by atoms with Crippen molar-refractivity contribution in [3.63, 3.8) is 0 Å². The Morgan fingerprint density at radius 3 is 2.28 bits per heavy atom. The minimum absolute atomic E-state index is 0.145. The number of hydrogen-bond acceptors (Lipinski definition) is 8. The molecule has 0 aromatic carbocycles. The minimum Gasteiger partial charge on any atom is -0.459 e. The predicted octanol–water partition coefficient (Wildman–Crippen LogP) is 3.04. The third-order valence-electron chi connectivity index (χ3n) is 6.84. The monoisotopic (exact) mass is 448 g/mol. The van der Waals surface area contributed by atoms with Crippen molar-refractivity contribution in [1.29, 1.82) is 0 Å². The van der Waals surface area contributed by atoms with Crippen molar-refractivity contribution in [2.75, 3.05) is 0 Å². The highest BCUT2D eigenvalue weighted by Crippen LogP contribution is 2.55. The highest BCUT2D eigenvalue weighted by Gasteiger charge is 2.68. The summed E-state index contributed by atoms with van der Waals surface area (Å²) in [5, 5.41) is 0. The molecule has 1 saturated carbocycles. The van der Waals surface area contributed by atoms with E-state index in [-0.39, 0.29) is 18.3 Å². The molecule has 2 fully saturated rings. The Balaban J connectivity index is 2.15. The topological polar surface area (TPSA) is 105 Å². The SMILES string of the molecule is CC(=O)OC1(C)CC(OC(=O)C=C(C)C)C2C(OC(=O)C2(C)OC(C)=O)C2C(C)=CCC21. The van der Waals surface area contributed by atoms with E-state index in [0.29, 0.717) is 6.42 Å². The van der Waals surface area contributed by atoms with E-state index in [1.807, 2.05) is 13.8 Å². The van der Waals surface area contributed by atoms with Gasteiger partial charge in [0.05, 0.1) is 5.92 Å². The van der Waals surface area contributed by atoms with Crippen LogP contribution >= 0.6 is 0 Å². The van der Waals surface area contributed by atoms with Crippen LogP contribution in [0.1, 0.15) is 61.3 Å². The van der Waals surface area contributed by atoms with Crippen molar-refractivity contribution in [2.45, 2.75) is 84.7 Å². The Bertz CT molecular complexity index is 898. The summed E-state index contributed by atoms with van der Waals surface area (Å²) in [7, 11) is 0. The molecule has 0 aromatic rings. The van der Waals surface area contributed by atoms with Gasteiger partial charge in [-0.2, -0.15) is 0 Å². The molecule has 8 nitrogen and oxygen atoms in total. The van der Waals surface area contributed by atoms with Gasteiger partial charge in [-0.15, -0.1) is 0 Å². The van der Waals surface area contributed by atoms with Gasteiger partial charge in [0.15, 0.2) is 0 Å². The molecule has 176 valence electrons. The molecule has 0 bridgehead atoms. The standard InChI is InChI=1S/C24H32O8/c1-12(2)10-18(27)29-17-11-23(6,31-14(4)25)16-9-8-13(3)19(16)21-20(17)24(7,22(28)30-21)32-15(5)26/h8,10,16-17,19-21H,9,11H2,1-7H3. The number of rotatable bonds is 4. The number of ether oxygens (including phenoxy) is 4. The first kappa shape index (κ1) is 24.0. The third kappa shape index (κ3) is 4.19. The van der Waals surface area contributed by atoms with Crippen LogP contribution in [-0.2, 0) is 38.1 Å². The molecule has 0 N–H and O–H groups in total. The normalized spacial score (nSPS) is 37.8. The van der Waals surface area contributed by atoms with Crippen LogP contribution in [0, 0.1) is 17.8 Å². The summed E-state index contributed by atoms with van der Waals surface area (Å²) in [6.45, 7) is 11.4. The first-order valence-corrected chi connectivity index (χ1v) is 10.9. The molecule has 2 aliphatic carbocycles. The van der Waals surface area contributed by atoms with Crippen LogP contribution < -0.4 is 0 Å². The smallest absolute Gasteiger partial charge is 0.351 e. The molecule has 3 aliphatic rings. The summed E-state index contributed by atoms with van der Waals surface area (Å²) in [4.78, 5) is 49.6. The molecular weight excluding hydrogens is 416 g/mol. The zero-order chi connectivity index (χ0) is 24.0. The maximum Gasteiger partial charge on any atom is 0.351 e. The molecule has 1 saturated heterocycles. The van der Waals surface area contributed by atoms with E-state index in [0.717, 1.165) is 11.1 Å². The molecular formula is C24H32O8. The summed E-state index contributed by atoms with van der Waals surface area (Å²) in [5.74, 6) is -3.54. The molecule has 32 heavy (non-hydrogen) atoms.